The molecule has 13 nitrogen and oxygen atoms in total. The number of nitrogens with one attached hydrogen (secondary N) is 1. The van der Waals surface area contributed by atoms with Crippen LogP contribution in [0.3, 0.4) is 0 Å². The van der Waals surface area contributed by atoms with Crippen LogP contribution in [0.2, 0.25) is 0 Å². The van der Waals surface area contributed by atoms with Crippen molar-refractivity contribution in [3.05, 3.63) is 95.8 Å². The topological polar surface area (TPSA) is 161 Å². The number of amides is 3. The Hall–Kier alpha value is -4.79. The Balaban J connectivity index is 1.24. The fraction of sp³-hybridized carbons (Fsp3) is 0.463. The summed E-state index contributed by atoms with van der Waals surface area (Å²) in [5, 5.41) is 27.1. The van der Waals surface area contributed by atoms with E-state index in [4.69, 9.17) is 10.2 Å². The first kappa shape index (κ1) is 39.9. The van der Waals surface area contributed by atoms with Crippen LogP contribution in [0.15, 0.2) is 88.9 Å². The molecule has 4 atom stereocenters. The van der Waals surface area contributed by atoms with Gasteiger partial charge in [-0.25, -0.2) is 18.2 Å². The maximum atomic E-state index is 14.5. The molecule has 1 aromatic heterocycles. The van der Waals surface area contributed by atoms with Gasteiger partial charge in [-0.3, -0.25) is 4.79 Å². The third-order valence-electron chi connectivity index (χ3n) is 11.3. The molecule has 1 aliphatic heterocycles. The number of imidazole rings is 1. The van der Waals surface area contributed by atoms with E-state index in [1.54, 1.807) is 21.9 Å². The zero-order chi connectivity index (χ0) is 39.1. The Morgan fingerprint density at radius 3 is 2.40 bits per heavy atom. The standard InChI is InChI=1S/C41H53N7O6S/c1-4-29(2)39(48-23-22-46(41(48)51)28-38-43-34-16-10-11-17-36(34)45(38)3)40(50)44-35(24-30-12-6-5-7-13-30)37(49)27-47(26-32-14-8-9-15-32)55(53,54)33-20-18-31(19-21-33)25-42-52/h5-7,10-13,16-21,25,29,32,35,37,39,49,52H,4,8-9,14-15,22-24,26-28H2,1-3H3,(H,44,50)/t29-,35-,37-,39-/m0/s1. The molecule has 3 amide bonds. The van der Waals surface area contributed by atoms with Gasteiger partial charge >= 0.3 is 6.03 Å². The summed E-state index contributed by atoms with van der Waals surface area (Å²) in [4.78, 5) is 36.6. The molecule has 3 aromatic carbocycles. The monoisotopic (exact) mass is 771 g/mol. The number of urea groups is 1. The summed E-state index contributed by atoms with van der Waals surface area (Å²) in [5.74, 6) is 0.304. The van der Waals surface area contributed by atoms with E-state index in [1.807, 2.05) is 80.1 Å². The van der Waals surface area contributed by atoms with Crippen molar-refractivity contribution in [3.63, 3.8) is 0 Å². The summed E-state index contributed by atoms with van der Waals surface area (Å²) < 4.78 is 31.7. The van der Waals surface area contributed by atoms with Gasteiger partial charge in [0.1, 0.15) is 11.9 Å². The molecule has 1 saturated heterocycles. The highest BCUT2D eigenvalue weighted by atomic mass is 32.2. The molecule has 2 aliphatic rings. The lowest BCUT2D eigenvalue weighted by molar-refractivity contribution is -0.128. The van der Waals surface area contributed by atoms with Crippen molar-refractivity contribution in [2.24, 2.45) is 24.0 Å². The van der Waals surface area contributed by atoms with Crippen LogP contribution < -0.4 is 5.32 Å². The Labute approximate surface area is 323 Å². The number of aliphatic hydroxyl groups excluding tert-OH is 1. The lowest BCUT2D eigenvalue weighted by Crippen LogP contribution is -2.57. The van der Waals surface area contributed by atoms with Crippen LogP contribution in [0.1, 0.15) is 62.9 Å². The van der Waals surface area contributed by atoms with E-state index in [0.29, 0.717) is 31.6 Å². The molecule has 1 saturated carbocycles. The number of sulfonamides is 1. The fourth-order valence-electron chi connectivity index (χ4n) is 7.89. The molecule has 4 aromatic rings. The van der Waals surface area contributed by atoms with Crippen molar-refractivity contribution in [1.82, 2.24) is 29.0 Å². The number of fused-ring (bicyclic) bond motifs is 1. The number of carbonyl (C=O) groups is 2. The van der Waals surface area contributed by atoms with Gasteiger partial charge in [-0.1, -0.05) is 92.9 Å². The number of carbonyl (C=O) groups excluding carboxylic acids is 2. The lowest BCUT2D eigenvalue weighted by Gasteiger charge is -2.35. The third-order valence-corrected chi connectivity index (χ3v) is 13.1. The molecule has 2 heterocycles. The molecule has 55 heavy (non-hydrogen) atoms. The van der Waals surface area contributed by atoms with Gasteiger partial charge in [0.15, 0.2) is 0 Å². The highest BCUT2D eigenvalue weighted by Crippen LogP contribution is 2.29. The molecular weight excluding hydrogens is 719 g/mol. The van der Waals surface area contributed by atoms with Crippen molar-refractivity contribution in [2.75, 3.05) is 26.2 Å². The predicted octanol–water partition coefficient (Wildman–Crippen LogP) is 5.00. The minimum absolute atomic E-state index is 0.0593. The molecule has 6 rings (SSSR count). The van der Waals surface area contributed by atoms with E-state index in [-0.39, 0.29) is 42.3 Å². The number of para-hydroxylation sites is 2. The van der Waals surface area contributed by atoms with Gasteiger partial charge in [-0.05, 0) is 66.5 Å². The molecule has 294 valence electrons. The Bertz CT molecular complexity index is 2050. The molecular formula is C41H53N7O6S. The number of rotatable bonds is 17. The summed E-state index contributed by atoms with van der Waals surface area (Å²) in [6, 6.07) is 21.4. The molecule has 1 aliphatic carbocycles. The largest absolute Gasteiger partial charge is 0.411 e. The number of hydrogen-bond donors (Lipinski definition) is 3. The SMILES string of the molecule is CC[C@H](C)[C@@H](C(=O)N[C@@H](Cc1ccccc1)[C@@H](O)CN(CC1CCCC1)S(=O)(=O)c1ccc(C=NO)cc1)N1CCN(Cc2nc3ccccc3n2C)C1=O. The first-order valence-electron chi connectivity index (χ1n) is 19.3. The van der Waals surface area contributed by atoms with Crippen molar-refractivity contribution >= 4 is 39.2 Å². The maximum absolute atomic E-state index is 14.5. The minimum atomic E-state index is -4.06. The number of aromatic nitrogens is 2. The summed E-state index contributed by atoms with van der Waals surface area (Å²) >= 11 is 0. The van der Waals surface area contributed by atoms with Crippen LogP contribution in [-0.4, -0.2) is 105 Å². The first-order valence-corrected chi connectivity index (χ1v) is 20.7. The van der Waals surface area contributed by atoms with E-state index in [1.165, 1.54) is 22.7 Å². The summed E-state index contributed by atoms with van der Waals surface area (Å²) in [6.07, 6.45) is 4.65. The average Bonchev–Trinajstić information content (AvgIpc) is 3.91. The van der Waals surface area contributed by atoms with Gasteiger partial charge < -0.3 is 30.0 Å². The van der Waals surface area contributed by atoms with Gasteiger partial charge in [0.25, 0.3) is 0 Å². The number of aliphatic hydroxyl groups is 1. The predicted molar refractivity (Wildman–Crippen MR) is 211 cm³/mol. The molecule has 0 radical (unpaired) electrons. The summed E-state index contributed by atoms with van der Waals surface area (Å²) in [5.41, 5.74) is 3.23. The average molecular weight is 772 g/mol. The molecule has 0 bridgehead atoms. The quantitative estimate of drug-likeness (QED) is 0.0774. The zero-order valence-corrected chi connectivity index (χ0v) is 32.7. The second-order valence-electron chi connectivity index (χ2n) is 15.0. The van der Waals surface area contributed by atoms with Crippen LogP contribution in [0, 0.1) is 11.8 Å². The Morgan fingerprint density at radius 2 is 1.73 bits per heavy atom. The van der Waals surface area contributed by atoms with Crippen molar-refractivity contribution < 1.29 is 28.3 Å². The fourth-order valence-corrected chi connectivity index (χ4v) is 9.43. The normalized spacial score (nSPS) is 17.7. The zero-order valence-electron chi connectivity index (χ0n) is 31.9. The lowest BCUT2D eigenvalue weighted by atomic mass is 9.95. The number of benzene rings is 3. The van der Waals surface area contributed by atoms with Crippen LogP contribution in [0.25, 0.3) is 11.0 Å². The van der Waals surface area contributed by atoms with E-state index >= 15 is 0 Å². The van der Waals surface area contributed by atoms with Crippen LogP contribution in [-0.2, 0) is 34.8 Å². The van der Waals surface area contributed by atoms with Gasteiger partial charge in [0, 0.05) is 33.2 Å². The van der Waals surface area contributed by atoms with E-state index in [2.05, 4.69) is 10.5 Å². The third kappa shape index (κ3) is 9.20. The van der Waals surface area contributed by atoms with Crippen molar-refractivity contribution in [1.29, 1.82) is 0 Å². The van der Waals surface area contributed by atoms with Crippen molar-refractivity contribution in [2.45, 2.75) is 82.0 Å². The second kappa shape index (κ2) is 17.8. The van der Waals surface area contributed by atoms with E-state index in [9.17, 15) is 23.1 Å². The number of hydrogen-bond acceptors (Lipinski definition) is 8. The minimum Gasteiger partial charge on any atom is -0.411 e. The highest BCUT2D eigenvalue weighted by Gasteiger charge is 2.41. The first-order chi connectivity index (χ1) is 26.5. The van der Waals surface area contributed by atoms with Crippen molar-refractivity contribution in [3.8, 4) is 0 Å². The number of aryl methyl sites for hydroxylation is 1. The summed E-state index contributed by atoms with van der Waals surface area (Å²) in [7, 11) is -2.13. The van der Waals surface area contributed by atoms with E-state index in [0.717, 1.165) is 48.1 Å². The van der Waals surface area contributed by atoms with Crippen LogP contribution in [0.5, 0.6) is 0 Å². The van der Waals surface area contributed by atoms with Crippen LogP contribution in [0.4, 0.5) is 4.79 Å². The molecule has 2 fully saturated rings. The Morgan fingerprint density at radius 1 is 1.04 bits per heavy atom. The highest BCUT2D eigenvalue weighted by molar-refractivity contribution is 7.89. The summed E-state index contributed by atoms with van der Waals surface area (Å²) in [6.45, 7) is 5.01. The smallest absolute Gasteiger partial charge is 0.321 e. The number of nitrogens with zero attached hydrogens (tertiary/aromatic N) is 6. The van der Waals surface area contributed by atoms with Gasteiger partial charge in [-0.2, -0.15) is 4.31 Å². The molecule has 0 unspecified atom stereocenters. The molecule has 14 heteroatoms. The van der Waals surface area contributed by atoms with Gasteiger partial charge in [-0.15, -0.1) is 0 Å². The maximum Gasteiger partial charge on any atom is 0.321 e. The van der Waals surface area contributed by atoms with Crippen LogP contribution >= 0.6 is 0 Å². The van der Waals surface area contributed by atoms with E-state index < -0.39 is 34.1 Å². The van der Waals surface area contributed by atoms with Gasteiger partial charge in [0.05, 0.1) is 40.8 Å². The molecule has 3 N–H and O–H groups in total. The second-order valence-corrected chi connectivity index (χ2v) is 16.9. The number of oxime groups is 1. The Kier molecular flexibility index (Phi) is 12.9. The van der Waals surface area contributed by atoms with Gasteiger partial charge in [0.2, 0.25) is 15.9 Å². The molecule has 0 spiro atoms.